The van der Waals surface area contributed by atoms with E-state index in [0.717, 1.165) is 0 Å². The van der Waals surface area contributed by atoms with Crippen molar-refractivity contribution in [3.8, 4) is 0 Å². The molecule has 108 valence electrons. The second-order valence-electron chi connectivity index (χ2n) is 4.55. The molecule has 2 amide bonds. The number of H-pyrrole nitrogens is 1. The number of nitrogens with zero attached hydrogens (tertiary/aromatic N) is 3. The van der Waals surface area contributed by atoms with Gasteiger partial charge in [0.2, 0.25) is 11.8 Å². The van der Waals surface area contributed by atoms with Gasteiger partial charge in [-0.2, -0.15) is 5.10 Å². The number of rotatable bonds is 3. The van der Waals surface area contributed by atoms with E-state index >= 15 is 0 Å². The summed E-state index contributed by atoms with van der Waals surface area (Å²) in [5, 5.41) is 6.95. The number of carbonyl (C=O) groups excluding carboxylic acids is 2. The molecule has 0 radical (unpaired) electrons. The summed E-state index contributed by atoms with van der Waals surface area (Å²) < 4.78 is 0. The minimum atomic E-state index is -0.496. The van der Waals surface area contributed by atoms with Crippen molar-refractivity contribution in [1.29, 1.82) is 0 Å². The Hall–Kier alpha value is -1.86. The molecule has 1 atom stereocenters. The molecule has 1 aromatic heterocycles. The van der Waals surface area contributed by atoms with Crippen molar-refractivity contribution in [2.24, 2.45) is 0 Å². The van der Waals surface area contributed by atoms with Gasteiger partial charge in [-0.25, -0.2) is 9.88 Å². The highest BCUT2D eigenvalue weighted by Crippen LogP contribution is 2.35. The van der Waals surface area contributed by atoms with E-state index in [4.69, 9.17) is 11.6 Å². The second-order valence-corrected chi connectivity index (χ2v) is 6.15. The van der Waals surface area contributed by atoms with Crippen LogP contribution in [0.2, 0.25) is 5.02 Å². The first kappa shape index (κ1) is 14.1. The van der Waals surface area contributed by atoms with Crippen molar-refractivity contribution in [2.75, 3.05) is 4.90 Å². The van der Waals surface area contributed by atoms with Crippen LogP contribution >= 0.6 is 23.4 Å². The first-order chi connectivity index (χ1) is 10.1. The fraction of sp³-hybridized carbons (Fsp3) is 0.231. The van der Waals surface area contributed by atoms with E-state index in [-0.39, 0.29) is 18.2 Å². The number of carbonyl (C=O) groups is 2. The molecule has 0 bridgehead atoms. The molecule has 0 unspecified atom stereocenters. The Balaban J connectivity index is 1.88. The number of hydrogen-bond acceptors (Lipinski definition) is 5. The summed E-state index contributed by atoms with van der Waals surface area (Å²) in [5.41, 5.74) is 1.25. The van der Waals surface area contributed by atoms with Gasteiger partial charge in [-0.3, -0.25) is 14.7 Å². The first-order valence-electron chi connectivity index (χ1n) is 6.22. The van der Waals surface area contributed by atoms with Crippen molar-refractivity contribution in [2.45, 2.75) is 23.8 Å². The monoisotopic (exact) mass is 322 g/mol. The van der Waals surface area contributed by atoms with Gasteiger partial charge in [0.25, 0.3) is 0 Å². The largest absolute Gasteiger partial charge is 0.274 e. The van der Waals surface area contributed by atoms with Crippen LogP contribution in [0.3, 0.4) is 0 Å². The maximum atomic E-state index is 12.5. The van der Waals surface area contributed by atoms with Crippen LogP contribution in [0, 0.1) is 6.92 Å². The van der Waals surface area contributed by atoms with E-state index in [9.17, 15) is 9.59 Å². The molecule has 1 aliphatic heterocycles. The Kier molecular flexibility index (Phi) is 3.69. The third kappa shape index (κ3) is 2.54. The number of hydrogen-bond donors (Lipinski definition) is 1. The second kappa shape index (κ2) is 5.50. The van der Waals surface area contributed by atoms with Gasteiger partial charge in [0.1, 0.15) is 11.6 Å². The van der Waals surface area contributed by atoms with Crippen molar-refractivity contribution >= 4 is 40.9 Å². The Morgan fingerprint density at radius 1 is 1.43 bits per heavy atom. The molecule has 1 aliphatic rings. The van der Waals surface area contributed by atoms with E-state index in [1.807, 2.05) is 0 Å². The minimum absolute atomic E-state index is 0.135. The molecule has 2 aromatic rings. The van der Waals surface area contributed by atoms with Crippen LogP contribution in [0.4, 0.5) is 5.69 Å². The molecule has 0 saturated carbocycles. The number of anilines is 1. The van der Waals surface area contributed by atoms with Gasteiger partial charge in [0, 0.05) is 11.4 Å². The predicted molar refractivity (Wildman–Crippen MR) is 79.3 cm³/mol. The average Bonchev–Trinajstić information content (AvgIpc) is 3.04. The van der Waals surface area contributed by atoms with Crippen LogP contribution in [-0.2, 0) is 9.59 Å². The summed E-state index contributed by atoms with van der Waals surface area (Å²) in [5.74, 6) is -0.492. The summed E-state index contributed by atoms with van der Waals surface area (Å²) in [6, 6.07) is 5.17. The highest BCUT2D eigenvalue weighted by molar-refractivity contribution is 8.00. The minimum Gasteiger partial charge on any atom is -0.274 e. The highest BCUT2D eigenvalue weighted by atomic mass is 35.5. The van der Waals surface area contributed by atoms with E-state index in [1.54, 1.807) is 25.1 Å². The standard InChI is InChI=1S/C13H11ClN4O2S/c1-7-8(14)3-2-4-9(7)18-11(19)5-10(12(18)20)21-13-15-6-16-17-13/h2-4,6,10H,5H2,1H3,(H,15,16,17)/t10-/m1/s1. The lowest BCUT2D eigenvalue weighted by atomic mass is 10.2. The Bertz CT molecular complexity index is 704. The van der Waals surface area contributed by atoms with E-state index in [2.05, 4.69) is 15.2 Å². The van der Waals surface area contributed by atoms with Crippen molar-refractivity contribution in [3.05, 3.63) is 35.1 Å². The number of amides is 2. The van der Waals surface area contributed by atoms with Gasteiger partial charge in [0.15, 0.2) is 5.16 Å². The zero-order valence-corrected chi connectivity index (χ0v) is 12.6. The third-order valence-corrected chi connectivity index (χ3v) is 4.71. The van der Waals surface area contributed by atoms with Gasteiger partial charge in [0.05, 0.1) is 5.69 Å². The summed E-state index contributed by atoms with van der Waals surface area (Å²) in [6.45, 7) is 1.79. The summed E-state index contributed by atoms with van der Waals surface area (Å²) in [6.07, 6.45) is 1.50. The van der Waals surface area contributed by atoms with E-state index in [1.165, 1.54) is 23.0 Å². The average molecular weight is 323 g/mol. The van der Waals surface area contributed by atoms with Crippen molar-refractivity contribution in [3.63, 3.8) is 0 Å². The molecular formula is C13H11ClN4O2S. The van der Waals surface area contributed by atoms with Gasteiger partial charge < -0.3 is 0 Å². The van der Waals surface area contributed by atoms with Gasteiger partial charge in [-0.05, 0) is 24.6 Å². The highest BCUT2D eigenvalue weighted by Gasteiger charge is 2.41. The molecule has 3 rings (SSSR count). The Morgan fingerprint density at radius 2 is 2.24 bits per heavy atom. The van der Waals surface area contributed by atoms with Crippen LogP contribution in [0.15, 0.2) is 29.7 Å². The number of aromatic amines is 1. The zero-order valence-electron chi connectivity index (χ0n) is 11.0. The number of aromatic nitrogens is 3. The summed E-state index contributed by atoms with van der Waals surface area (Å²) >= 11 is 7.27. The van der Waals surface area contributed by atoms with Crippen LogP contribution in [0.5, 0.6) is 0 Å². The van der Waals surface area contributed by atoms with E-state index in [0.29, 0.717) is 21.4 Å². The maximum absolute atomic E-state index is 12.5. The molecule has 6 nitrogen and oxygen atoms in total. The number of thioether (sulfide) groups is 1. The van der Waals surface area contributed by atoms with Crippen molar-refractivity contribution < 1.29 is 9.59 Å². The molecule has 1 saturated heterocycles. The van der Waals surface area contributed by atoms with Gasteiger partial charge in [-0.15, -0.1) is 0 Å². The molecule has 1 N–H and O–H groups in total. The van der Waals surface area contributed by atoms with Crippen LogP contribution in [0.1, 0.15) is 12.0 Å². The Morgan fingerprint density at radius 3 is 2.95 bits per heavy atom. The smallest absolute Gasteiger partial charge is 0.247 e. The molecule has 2 heterocycles. The number of imide groups is 1. The van der Waals surface area contributed by atoms with Crippen LogP contribution in [-0.4, -0.2) is 32.2 Å². The molecule has 1 aromatic carbocycles. The lowest BCUT2D eigenvalue weighted by molar-refractivity contribution is -0.121. The number of halogens is 1. The van der Waals surface area contributed by atoms with Crippen molar-refractivity contribution in [1.82, 2.24) is 15.2 Å². The fourth-order valence-electron chi connectivity index (χ4n) is 2.17. The van der Waals surface area contributed by atoms with Gasteiger partial charge >= 0.3 is 0 Å². The molecule has 1 fully saturated rings. The SMILES string of the molecule is Cc1c(Cl)cccc1N1C(=O)C[C@@H](Sc2ncn[nH]2)C1=O. The molecular weight excluding hydrogens is 312 g/mol. The predicted octanol–water partition coefficient (Wildman–Crippen LogP) is 2.19. The fourth-order valence-corrected chi connectivity index (χ4v) is 3.26. The quantitative estimate of drug-likeness (QED) is 0.876. The lowest BCUT2D eigenvalue weighted by Gasteiger charge is -2.17. The summed E-state index contributed by atoms with van der Waals surface area (Å²) in [7, 11) is 0. The molecule has 0 spiro atoms. The summed E-state index contributed by atoms with van der Waals surface area (Å²) in [4.78, 5) is 29.8. The topological polar surface area (TPSA) is 79.0 Å². The van der Waals surface area contributed by atoms with Crippen LogP contribution in [0.25, 0.3) is 0 Å². The normalized spacial score (nSPS) is 18.6. The van der Waals surface area contributed by atoms with E-state index < -0.39 is 5.25 Å². The van der Waals surface area contributed by atoms with Gasteiger partial charge in [-0.1, -0.05) is 29.4 Å². The maximum Gasteiger partial charge on any atom is 0.247 e. The molecule has 21 heavy (non-hydrogen) atoms. The number of benzene rings is 1. The Labute approximate surface area is 129 Å². The molecule has 0 aliphatic carbocycles. The zero-order chi connectivity index (χ0) is 15.0. The molecule has 8 heteroatoms. The first-order valence-corrected chi connectivity index (χ1v) is 7.47. The lowest BCUT2D eigenvalue weighted by Crippen LogP contribution is -2.31. The van der Waals surface area contributed by atoms with Crippen LogP contribution < -0.4 is 4.90 Å². The third-order valence-electron chi connectivity index (χ3n) is 3.23. The number of nitrogens with one attached hydrogen (secondary N) is 1.